The summed E-state index contributed by atoms with van der Waals surface area (Å²) in [6.07, 6.45) is 5.82. The van der Waals surface area contributed by atoms with Crippen LogP contribution in [0.3, 0.4) is 0 Å². The van der Waals surface area contributed by atoms with Gasteiger partial charge in [0, 0.05) is 16.8 Å². The van der Waals surface area contributed by atoms with Gasteiger partial charge in [-0.3, -0.25) is 9.78 Å². The molecule has 1 aromatic heterocycles. The summed E-state index contributed by atoms with van der Waals surface area (Å²) >= 11 is 0. The van der Waals surface area contributed by atoms with Crippen molar-refractivity contribution in [3.63, 3.8) is 0 Å². The van der Waals surface area contributed by atoms with Crippen LogP contribution >= 0.6 is 0 Å². The van der Waals surface area contributed by atoms with Crippen molar-refractivity contribution in [1.82, 2.24) is 4.98 Å². The third-order valence-corrected chi connectivity index (χ3v) is 6.60. The minimum absolute atomic E-state index is 0.0621. The maximum atomic E-state index is 13.1. The zero-order valence-electron chi connectivity index (χ0n) is 18.0. The molecule has 4 rings (SSSR count). The molecule has 0 fully saturated rings. The lowest BCUT2D eigenvalue weighted by Crippen LogP contribution is -2.22. The van der Waals surface area contributed by atoms with Crippen LogP contribution in [0.4, 0.5) is 5.69 Å². The van der Waals surface area contributed by atoms with Gasteiger partial charge in [-0.15, -0.1) is 0 Å². The number of nitrogens with two attached hydrogens (primary N) is 1. The van der Waals surface area contributed by atoms with Crippen molar-refractivity contribution in [2.75, 3.05) is 11.9 Å². The van der Waals surface area contributed by atoms with Crippen molar-refractivity contribution in [2.24, 2.45) is 5.14 Å². The van der Waals surface area contributed by atoms with Gasteiger partial charge in [-0.25, -0.2) is 18.4 Å². The summed E-state index contributed by atoms with van der Waals surface area (Å²) in [7, 11) is -3.82. The first-order valence-corrected chi connectivity index (χ1v) is 12.4. The zero-order chi connectivity index (χ0) is 23.4. The highest BCUT2D eigenvalue weighted by atomic mass is 32.2. The van der Waals surface area contributed by atoms with Crippen molar-refractivity contribution in [2.45, 2.75) is 43.4 Å². The van der Waals surface area contributed by atoms with E-state index in [9.17, 15) is 18.0 Å². The van der Waals surface area contributed by atoms with E-state index in [0.717, 1.165) is 60.7 Å². The minimum atomic E-state index is -3.82. The molecule has 1 heterocycles. The number of fused-ring (bicyclic) bond motifs is 2. The highest BCUT2D eigenvalue weighted by molar-refractivity contribution is 7.89. The van der Waals surface area contributed by atoms with Gasteiger partial charge in [-0.1, -0.05) is 31.0 Å². The number of pyridine rings is 1. The van der Waals surface area contributed by atoms with Gasteiger partial charge >= 0.3 is 5.97 Å². The van der Waals surface area contributed by atoms with E-state index in [1.807, 2.05) is 24.3 Å². The van der Waals surface area contributed by atoms with Crippen molar-refractivity contribution < 1.29 is 22.7 Å². The SMILES string of the molecule is NS(=O)(=O)c1ccc(NC(=O)COC(=O)c2c3c(nc4ccccc24)CCCCCC3)cc1. The number of hydrogen-bond donors (Lipinski definition) is 2. The first kappa shape index (κ1) is 22.9. The van der Waals surface area contributed by atoms with E-state index in [1.54, 1.807) is 0 Å². The topological polar surface area (TPSA) is 128 Å². The normalized spacial score (nSPS) is 14.1. The van der Waals surface area contributed by atoms with Gasteiger partial charge in [0.05, 0.1) is 16.0 Å². The van der Waals surface area contributed by atoms with Crippen LogP contribution in [0.25, 0.3) is 10.9 Å². The lowest BCUT2D eigenvalue weighted by molar-refractivity contribution is -0.119. The number of nitrogens with zero attached hydrogens (tertiary/aromatic N) is 1. The van der Waals surface area contributed by atoms with E-state index in [4.69, 9.17) is 14.9 Å². The number of esters is 1. The number of ether oxygens (including phenoxy) is 1. The van der Waals surface area contributed by atoms with Crippen molar-refractivity contribution >= 4 is 38.5 Å². The van der Waals surface area contributed by atoms with Crippen LogP contribution in [-0.4, -0.2) is 31.9 Å². The number of carbonyl (C=O) groups is 2. The number of carbonyl (C=O) groups excluding carboxylic acids is 2. The number of anilines is 1. The third kappa shape index (κ3) is 5.37. The number of nitrogens with one attached hydrogen (secondary N) is 1. The molecule has 1 aliphatic carbocycles. The molecular weight excluding hydrogens is 442 g/mol. The molecule has 0 saturated carbocycles. The van der Waals surface area contributed by atoms with Gasteiger partial charge in [-0.2, -0.15) is 0 Å². The van der Waals surface area contributed by atoms with E-state index in [2.05, 4.69) is 5.32 Å². The van der Waals surface area contributed by atoms with Crippen LogP contribution in [0, 0.1) is 0 Å². The van der Waals surface area contributed by atoms with Gasteiger partial charge in [0.25, 0.3) is 5.91 Å². The minimum Gasteiger partial charge on any atom is -0.452 e. The van der Waals surface area contributed by atoms with E-state index < -0.39 is 28.5 Å². The summed E-state index contributed by atoms with van der Waals surface area (Å²) in [4.78, 5) is 30.2. The molecule has 3 aromatic rings. The summed E-state index contributed by atoms with van der Waals surface area (Å²) in [5.41, 5.74) is 3.44. The van der Waals surface area contributed by atoms with Crippen molar-refractivity contribution in [1.29, 1.82) is 0 Å². The Morgan fingerprint density at radius 3 is 2.39 bits per heavy atom. The van der Waals surface area contributed by atoms with E-state index in [0.29, 0.717) is 11.3 Å². The van der Waals surface area contributed by atoms with Crippen molar-refractivity contribution in [3.05, 3.63) is 65.4 Å². The molecule has 172 valence electrons. The van der Waals surface area contributed by atoms with Crippen LogP contribution in [-0.2, 0) is 32.4 Å². The summed E-state index contributed by atoms with van der Waals surface area (Å²) < 4.78 is 28.1. The number of rotatable bonds is 5. The van der Waals surface area contributed by atoms with Gasteiger partial charge in [0.2, 0.25) is 10.0 Å². The van der Waals surface area contributed by atoms with Crippen LogP contribution in [0.5, 0.6) is 0 Å². The summed E-state index contributed by atoms with van der Waals surface area (Å²) in [5.74, 6) is -1.09. The van der Waals surface area contributed by atoms with Gasteiger partial charge in [0.15, 0.2) is 6.61 Å². The molecular formula is C24H25N3O5S. The van der Waals surface area contributed by atoms with Crippen molar-refractivity contribution in [3.8, 4) is 0 Å². The molecule has 8 nitrogen and oxygen atoms in total. The zero-order valence-corrected chi connectivity index (χ0v) is 18.9. The van der Waals surface area contributed by atoms with Crippen LogP contribution in [0.1, 0.15) is 47.3 Å². The van der Waals surface area contributed by atoms with Gasteiger partial charge < -0.3 is 10.1 Å². The number of sulfonamides is 1. The Morgan fingerprint density at radius 1 is 0.970 bits per heavy atom. The summed E-state index contributed by atoms with van der Waals surface area (Å²) in [6.45, 7) is -0.471. The largest absolute Gasteiger partial charge is 0.452 e. The Bertz CT molecular complexity index is 1300. The van der Waals surface area contributed by atoms with Gasteiger partial charge in [-0.05, 0) is 61.6 Å². The second kappa shape index (κ2) is 9.68. The fraction of sp³-hybridized carbons (Fsp3) is 0.292. The number of hydrogen-bond acceptors (Lipinski definition) is 6. The molecule has 0 unspecified atom stereocenters. The number of benzene rings is 2. The molecule has 0 spiro atoms. The Labute approximate surface area is 192 Å². The molecule has 0 saturated heterocycles. The fourth-order valence-electron chi connectivity index (χ4n) is 4.09. The smallest absolute Gasteiger partial charge is 0.339 e. The monoisotopic (exact) mass is 467 g/mol. The molecule has 1 amide bonds. The Hall–Kier alpha value is -3.30. The van der Waals surface area contributed by atoms with E-state index >= 15 is 0 Å². The molecule has 0 bridgehead atoms. The highest BCUT2D eigenvalue weighted by Gasteiger charge is 2.23. The van der Waals surface area contributed by atoms with Crippen LogP contribution in [0.15, 0.2) is 53.4 Å². The standard InChI is InChI=1S/C24H25N3O5S/c25-33(30,31)17-13-11-16(12-14-17)26-22(28)15-32-24(29)23-18-7-3-1-2-4-9-20(18)27-21-10-6-5-8-19(21)23/h5-6,8,10-14H,1-4,7,9,15H2,(H,26,28)(H2,25,30,31). The molecule has 1 aliphatic rings. The number of primary sulfonamides is 1. The molecule has 3 N–H and O–H groups in total. The fourth-order valence-corrected chi connectivity index (χ4v) is 4.60. The van der Waals surface area contributed by atoms with Crippen LogP contribution in [0.2, 0.25) is 0 Å². The Kier molecular flexibility index (Phi) is 6.71. The average Bonchev–Trinajstić information content (AvgIpc) is 2.77. The Balaban J connectivity index is 1.52. The number of aryl methyl sites for hydroxylation is 1. The molecule has 2 aromatic carbocycles. The third-order valence-electron chi connectivity index (χ3n) is 5.67. The van der Waals surface area contributed by atoms with Crippen LogP contribution < -0.4 is 10.5 Å². The van der Waals surface area contributed by atoms with E-state index in [1.165, 1.54) is 24.3 Å². The second-order valence-electron chi connectivity index (χ2n) is 8.04. The van der Waals surface area contributed by atoms with Gasteiger partial charge in [0.1, 0.15) is 0 Å². The summed E-state index contributed by atoms with van der Waals surface area (Å²) in [6, 6.07) is 12.9. The maximum Gasteiger partial charge on any atom is 0.339 e. The molecule has 9 heteroatoms. The number of aromatic nitrogens is 1. The predicted molar refractivity (Wildman–Crippen MR) is 124 cm³/mol. The lowest BCUT2D eigenvalue weighted by Gasteiger charge is -2.18. The molecule has 0 atom stereocenters. The number of amides is 1. The first-order chi connectivity index (χ1) is 15.8. The number of para-hydroxylation sites is 1. The molecule has 0 radical (unpaired) electrons. The predicted octanol–water partition coefficient (Wildman–Crippen LogP) is 3.34. The maximum absolute atomic E-state index is 13.1. The van der Waals surface area contributed by atoms with E-state index in [-0.39, 0.29) is 4.90 Å². The Morgan fingerprint density at radius 2 is 1.67 bits per heavy atom. The molecule has 33 heavy (non-hydrogen) atoms. The quantitative estimate of drug-likeness (QED) is 0.554. The average molecular weight is 468 g/mol. The highest BCUT2D eigenvalue weighted by Crippen LogP contribution is 2.29. The summed E-state index contributed by atoms with van der Waals surface area (Å²) in [5, 5.41) is 8.38. The second-order valence-corrected chi connectivity index (χ2v) is 9.60. The molecule has 0 aliphatic heterocycles. The first-order valence-electron chi connectivity index (χ1n) is 10.8. The lowest BCUT2D eigenvalue weighted by atomic mass is 9.91.